The van der Waals surface area contributed by atoms with Gasteiger partial charge in [-0.1, -0.05) is 38.0 Å². The maximum absolute atomic E-state index is 14.9. The molecule has 0 bridgehead atoms. The van der Waals surface area contributed by atoms with Crippen molar-refractivity contribution in [3.05, 3.63) is 53.6 Å². The van der Waals surface area contributed by atoms with Crippen LogP contribution < -0.4 is 4.74 Å². The van der Waals surface area contributed by atoms with Crippen LogP contribution in [0.5, 0.6) is 5.75 Å². The highest BCUT2D eigenvalue weighted by atomic mass is 19.4. The van der Waals surface area contributed by atoms with Gasteiger partial charge in [0.2, 0.25) is 0 Å². The number of fused-ring (bicyclic) bond motifs is 1. The number of benzene rings is 2. The molecule has 0 aliphatic heterocycles. The van der Waals surface area contributed by atoms with Crippen molar-refractivity contribution in [1.29, 1.82) is 0 Å². The molecule has 2 aromatic rings. The van der Waals surface area contributed by atoms with Crippen molar-refractivity contribution in [2.45, 2.75) is 64.1 Å². The Balaban J connectivity index is 1.48. The predicted octanol–water partition coefficient (Wildman–Crippen LogP) is 8.24. The maximum Gasteiger partial charge on any atom is 0.573 e. The summed E-state index contributed by atoms with van der Waals surface area (Å²) in [5.74, 6) is 0.0736. The Morgan fingerprint density at radius 3 is 2.29 bits per heavy atom. The molecule has 2 saturated carbocycles. The van der Waals surface area contributed by atoms with Gasteiger partial charge < -0.3 is 4.74 Å². The molecule has 2 aromatic carbocycles. The standard InChI is InChI=1S/C25H27F5O/c1-2-15-3-4-17-12-18(6-5-16(17)11-15)19-7-9-21(22(26)13-19)20-8-10-24(23(27)14-20)31-25(28,29)30/h7-10,13-18H,2-6,11-12H2,1H3/t15?,16-,17-,18-/m1/s1. The minimum absolute atomic E-state index is 0.165. The number of ether oxygens (including phenoxy) is 1. The van der Waals surface area contributed by atoms with E-state index in [2.05, 4.69) is 11.7 Å². The zero-order chi connectivity index (χ0) is 22.2. The molecule has 6 heteroatoms. The lowest BCUT2D eigenvalue weighted by Crippen LogP contribution is -2.30. The lowest BCUT2D eigenvalue weighted by atomic mass is 9.63. The van der Waals surface area contributed by atoms with Crippen LogP contribution in [0.4, 0.5) is 22.0 Å². The van der Waals surface area contributed by atoms with Crippen LogP contribution in [0.25, 0.3) is 11.1 Å². The van der Waals surface area contributed by atoms with Gasteiger partial charge >= 0.3 is 6.36 Å². The van der Waals surface area contributed by atoms with Crippen molar-refractivity contribution in [1.82, 2.24) is 0 Å². The predicted molar refractivity (Wildman–Crippen MR) is 110 cm³/mol. The Hall–Kier alpha value is -2.11. The fraction of sp³-hybridized carbons (Fsp3) is 0.520. The van der Waals surface area contributed by atoms with Crippen LogP contribution in [-0.4, -0.2) is 6.36 Å². The molecule has 4 rings (SSSR count). The third-order valence-electron chi connectivity index (χ3n) is 7.23. The molecule has 0 N–H and O–H groups in total. The van der Waals surface area contributed by atoms with Crippen molar-refractivity contribution in [3.8, 4) is 16.9 Å². The van der Waals surface area contributed by atoms with Gasteiger partial charge in [-0.2, -0.15) is 0 Å². The number of hydrogen-bond acceptors (Lipinski definition) is 1. The van der Waals surface area contributed by atoms with Gasteiger partial charge in [0.15, 0.2) is 11.6 Å². The van der Waals surface area contributed by atoms with E-state index in [1.807, 2.05) is 6.07 Å². The van der Waals surface area contributed by atoms with Crippen LogP contribution in [0.2, 0.25) is 0 Å². The molecule has 0 saturated heterocycles. The second kappa shape index (κ2) is 8.79. The quantitative estimate of drug-likeness (QED) is 0.437. The molecule has 0 aromatic heterocycles. The molecular weight excluding hydrogens is 411 g/mol. The van der Waals surface area contributed by atoms with Gasteiger partial charge in [0.1, 0.15) is 5.82 Å². The van der Waals surface area contributed by atoms with Crippen molar-refractivity contribution in [2.24, 2.45) is 17.8 Å². The molecule has 2 aliphatic rings. The highest BCUT2D eigenvalue weighted by molar-refractivity contribution is 5.65. The van der Waals surface area contributed by atoms with Gasteiger partial charge in [0.05, 0.1) is 0 Å². The number of hydrogen-bond donors (Lipinski definition) is 0. The lowest BCUT2D eigenvalue weighted by Gasteiger charge is -2.42. The first kappa shape index (κ1) is 22.1. The van der Waals surface area contributed by atoms with Crippen LogP contribution in [0.3, 0.4) is 0 Å². The monoisotopic (exact) mass is 438 g/mol. The van der Waals surface area contributed by atoms with Crippen molar-refractivity contribution in [2.75, 3.05) is 0 Å². The Labute approximate surface area is 179 Å². The molecule has 0 radical (unpaired) electrons. The highest BCUT2D eigenvalue weighted by Gasteiger charge is 2.36. The first-order valence-electron chi connectivity index (χ1n) is 11.1. The number of halogens is 5. The average molecular weight is 438 g/mol. The number of alkyl halides is 3. The van der Waals surface area contributed by atoms with Gasteiger partial charge in [-0.3, -0.25) is 0 Å². The molecule has 0 spiro atoms. The Kier molecular flexibility index (Phi) is 6.27. The summed E-state index contributed by atoms with van der Waals surface area (Å²) in [7, 11) is 0. The van der Waals surface area contributed by atoms with Crippen molar-refractivity contribution >= 4 is 0 Å². The van der Waals surface area contributed by atoms with Crippen LogP contribution in [-0.2, 0) is 0 Å². The summed E-state index contributed by atoms with van der Waals surface area (Å²) in [6, 6.07) is 7.97. The SMILES string of the molecule is CCC1CC[C@@H]2C[C@H](c3ccc(-c4ccc(OC(F)(F)F)c(F)c4)c(F)c3)CC[C@@H]2C1. The third-order valence-corrected chi connectivity index (χ3v) is 7.23. The Morgan fingerprint density at radius 1 is 0.871 bits per heavy atom. The van der Waals surface area contributed by atoms with E-state index in [0.717, 1.165) is 42.4 Å². The molecule has 31 heavy (non-hydrogen) atoms. The molecule has 2 fully saturated rings. The largest absolute Gasteiger partial charge is 0.573 e. The van der Waals surface area contributed by atoms with Gasteiger partial charge in [0.25, 0.3) is 0 Å². The summed E-state index contributed by atoms with van der Waals surface area (Å²) in [6.07, 6.45) is 3.45. The minimum Gasteiger partial charge on any atom is -0.403 e. The summed E-state index contributed by atoms with van der Waals surface area (Å²) in [5, 5.41) is 0. The zero-order valence-electron chi connectivity index (χ0n) is 17.5. The molecule has 0 amide bonds. The highest BCUT2D eigenvalue weighted by Crippen LogP contribution is 2.48. The molecule has 4 atom stereocenters. The Bertz CT molecular complexity index is 923. The average Bonchev–Trinajstić information content (AvgIpc) is 2.73. The molecule has 168 valence electrons. The van der Waals surface area contributed by atoms with Crippen LogP contribution in [0.15, 0.2) is 36.4 Å². The van der Waals surface area contributed by atoms with E-state index in [1.165, 1.54) is 44.2 Å². The Morgan fingerprint density at radius 2 is 1.61 bits per heavy atom. The van der Waals surface area contributed by atoms with E-state index in [-0.39, 0.29) is 11.1 Å². The molecule has 1 nitrogen and oxygen atoms in total. The van der Waals surface area contributed by atoms with E-state index < -0.39 is 23.7 Å². The molecule has 0 heterocycles. The van der Waals surface area contributed by atoms with Gasteiger partial charge in [-0.25, -0.2) is 8.78 Å². The summed E-state index contributed by atoms with van der Waals surface area (Å²) in [4.78, 5) is 0. The van der Waals surface area contributed by atoms with Crippen LogP contribution in [0, 0.1) is 29.4 Å². The minimum atomic E-state index is -4.98. The lowest BCUT2D eigenvalue weighted by molar-refractivity contribution is -0.275. The zero-order valence-corrected chi connectivity index (χ0v) is 17.5. The fourth-order valence-electron chi connectivity index (χ4n) is 5.56. The topological polar surface area (TPSA) is 9.23 Å². The van der Waals surface area contributed by atoms with E-state index >= 15 is 0 Å². The van der Waals surface area contributed by atoms with Crippen molar-refractivity contribution < 1.29 is 26.7 Å². The maximum atomic E-state index is 14.9. The number of rotatable bonds is 4. The van der Waals surface area contributed by atoms with Crippen LogP contribution in [0.1, 0.15) is 63.4 Å². The second-order valence-electron chi connectivity index (χ2n) is 9.05. The normalized spacial score (nSPS) is 26.4. The summed E-state index contributed by atoms with van der Waals surface area (Å²) >= 11 is 0. The summed E-state index contributed by atoms with van der Waals surface area (Å²) in [5.41, 5.74) is 1.30. The van der Waals surface area contributed by atoms with E-state index in [9.17, 15) is 22.0 Å². The van der Waals surface area contributed by atoms with E-state index in [0.29, 0.717) is 11.8 Å². The smallest absolute Gasteiger partial charge is 0.403 e. The van der Waals surface area contributed by atoms with E-state index in [1.54, 1.807) is 6.07 Å². The first-order chi connectivity index (χ1) is 14.7. The van der Waals surface area contributed by atoms with Gasteiger partial charge in [-0.15, -0.1) is 13.2 Å². The van der Waals surface area contributed by atoms with Crippen LogP contribution >= 0.6 is 0 Å². The molecule has 1 unspecified atom stereocenters. The molecular formula is C25H27F5O. The second-order valence-corrected chi connectivity index (χ2v) is 9.05. The third kappa shape index (κ3) is 5.04. The molecule has 2 aliphatic carbocycles. The first-order valence-corrected chi connectivity index (χ1v) is 11.1. The van der Waals surface area contributed by atoms with Crippen molar-refractivity contribution in [3.63, 3.8) is 0 Å². The summed E-state index contributed by atoms with van der Waals surface area (Å²) in [6.45, 7) is 2.27. The summed E-state index contributed by atoms with van der Waals surface area (Å²) < 4.78 is 69.5. The van der Waals surface area contributed by atoms with Gasteiger partial charge in [-0.05, 0) is 85.1 Å². The fourth-order valence-corrected chi connectivity index (χ4v) is 5.56. The van der Waals surface area contributed by atoms with Gasteiger partial charge in [0, 0.05) is 5.56 Å². The van der Waals surface area contributed by atoms with E-state index in [4.69, 9.17) is 0 Å².